The Morgan fingerprint density at radius 1 is 0.506 bits per heavy atom. The van der Waals surface area contributed by atoms with E-state index in [4.69, 9.17) is 11.5 Å². The molecule has 2 aromatic heterocycles. The van der Waals surface area contributed by atoms with Gasteiger partial charge in [0.05, 0.1) is 12.6 Å². The van der Waals surface area contributed by atoms with Crippen LogP contribution in [0, 0.1) is 0 Å². The molecule has 6 aromatic rings. The van der Waals surface area contributed by atoms with Gasteiger partial charge in [0, 0.05) is 77.8 Å². The maximum Gasteiger partial charge on any atom is 0.327 e. The third-order valence-electron chi connectivity index (χ3n) is 12.5. The second kappa shape index (κ2) is 28.0. The monoisotopic (exact) mass is 1090 g/mol. The zero-order chi connectivity index (χ0) is 55.6. The lowest BCUT2D eigenvalue weighted by Gasteiger charge is -2.27. The lowest BCUT2D eigenvalue weighted by molar-refractivity contribution is -0.141. The Kier molecular flexibility index (Phi) is 21.0. The Bertz CT molecular complexity index is 3060. The third kappa shape index (κ3) is 16.8. The first-order chi connectivity index (χ1) is 36.9. The molecule has 6 rings (SSSR count). The molecule has 0 aliphatic heterocycles. The van der Waals surface area contributed by atoms with Crippen LogP contribution in [0.5, 0.6) is 5.75 Å². The Hall–Kier alpha value is -8.35. The number of benzene rings is 4. The van der Waals surface area contributed by atoms with Crippen LogP contribution < -0.4 is 48.7 Å². The summed E-state index contributed by atoms with van der Waals surface area (Å²) in [5, 5.41) is 39.0. The number of carboxylic acid groups (broad SMARTS) is 1. The molecule has 0 aliphatic carbocycles. The van der Waals surface area contributed by atoms with Crippen molar-refractivity contribution in [1.29, 1.82) is 0 Å². The number of nitrogens with two attached hydrogens (primary N) is 2. The molecule has 0 bridgehead atoms. The number of phenolic OH excluding ortho intramolecular Hbond substituents is 1. The van der Waals surface area contributed by atoms with Crippen LogP contribution in [0.2, 0.25) is 0 Å². The van der Waals surface area contributed by atoms with E-state index in [0.29, 0.717) is 33.2 Å². The first-order valence-corrected chi connectivity index (χ1v) is 25.7. The fourth-order valence-corrected chi connectivity index (χ4v) is 8.74. The van der Waals surface area contributed by atoms with Crippen LogP contribution in [0.4, 0.5) is 0 Å². The lowest BCUT2D eigenvalue weighted by atomic mass is 10.00. The van der Waals surface area contributed by atoms with E-state index in [1.165, 1.54) is 24.3 Å². The maximum atomic E-state index is 14.8. The van der Waals surface area contributed by atoms with Crippen molar-refractivity contribution in [3.05, 3.63) is 138 Å². The van der Waals surface area contributed by atoms with Crippen molar-refractivity contribution in [2.45, 2.75) is 80.8 Å². The van der Waals surface area contributed by atoms with Crippen molar-refractivity contribution >= 4 is 100 Å². The van der Waals surface area contributed by atoms with Gasteiger partial charge in [0.25, 0.3) is 0 Å². The molecule has 4 aromatic carbocycles. The van der Waals surface area contributed by atoms with Gasteiger partial charge in [-0.15, -0.1) is 0 Å². The summed E-state index contributed by atoms with van der Waals surface area (Å²) in [7, 11) is 0. The topological polar surface area (TPSA) is 362 Å². The Morgan fingerprint density at radius 2 is 0.948 bits per heavy atom. The molecule has 406 valence electrons. The molecule has 0 saturated carbocycles. The van der Waals surface area contributed by atoms with Crippen LogP contribution in [-0.2, 0) is 68.8 Å². The summed E-state index contributed by atoms with van der Waals surface area (Å²) in [6.07, 6.45) is 1.95. The maximum absolute atomic E-state index is 14.8. The number of nitrogens with one attached hydrogen (secondary N) is 9. The molecule has 2 heterocycles. The number of carbonyl (C=O) groups excluding carboxylic acids is 8. The number of para-hydroxylation sites is 2. The molecule has 0 unspecified atom stereocenters. The smallest absolute Gasteiger partial charge is 0.327 e. The van der Waals surface area contributed by atoms with Gasteiger partial charge in [-0.1, -0.05) is 78.9 Å². The van der Waals surface area contributed by atoms with Gasteiger partial charge < -0.3 is 68.9 Å². The highest BCUT2D eigenvalue weighted by molar-refractivity contribution is 7.80. The fraction of sp³-hybridized carbons (Fsp3) is 0.302. The number of phenols is 1. The number of amides is 8. The van der Waals surface area contributed by atoms with Gasteiger partial charge in [-0.25, -0.2) is 4.79 Å². The van der Waals surface area contributed by atoms with Crippen molar-refractivity contribution in [3.63, 3.8) is 0 Å². The van der Waals surface area contributed by atoms with Crippen molar-refractivity contribution in [1.82, 2.24) is 47.2 Å². The van der Waals surface area contributed by atoms with Crippen LogP contribution in [0.3, 0.4) is 0 Å². The van der Waals surface area contributed by atoms with Crippen LogP contribution in [0.1, 0.15) is 35.1 Å². The largest absolute Gasteiger partial charge is 0.508 e. The highest BCUT2D eigenvalue weighted by Crippen LogP contribution is 2.22. The standard InChI is InChI=1S/C53H61N11O11S2/c54-36(27-76)47(68)61-40(20-29-8-2-1-3-9-29)51(72)62-41(21-30-14-16-33(65)17-15-30)50(71)60-39(18-19-45(55)66)49(70)64-43(23-32-25-57-38-13-7-5-11-35(32)38)52(73)63-42(22-31-24-56-37-12-6-4-10-34(31)37)48(69)58-26-46(67)59-44(28-77)53(74)75/h1-17,24-25,36,39-44,56-57,65,76-77H,18-23,26-28,54H2,(H2,55,66)(H,58,69)(H,59,67)(H,60,71)(H,61,68)(H,62,72)(H,63,73)(H,64,70)(H,74,75)/t36-,39-,40-,41-,42-,43-,44-/m0/s1. The van der Waals surface area contributed by atoms with E-state index in [1.807, 2.05) is 6.07 Å². The summed E-state index contributed by atoms with van der Waals surface area (Å²) in [5.74, 6) is -8.44. The SMILES string of the molecule is NC(=O)CC[C@H](NC(=O)[C@H](Cc1ccc(O)cc1)NC(=O)[C@H](Cc1ccccc1)NC(=O)[C@@H](N)CS)C(=O)N[C@@H](Cc1c[nH]c2ccccc12)C(=O)N[C@@H](Cc1c[nH]c2ccccc12)C(=O)NCC(=O)N[C@@H](CS)C(=O)O. The molecule has 15 N–H and O–H groups in total. The van der Waals surface area contributed by atoms with Gasteiger partial charge in [-0.3, -0.25) is 38.4 Å². The normalized spacial score (nSPS) is 13.9. The summed E-state index contributed by atoms with van der Waals surface area (Å²) in [6, 6.07) is 19.2. The molecule has 7 atom stereocenters. The highest BCUT2D eigenvalue weighted by atomic mass is 32.1. The summed E-state index contributed by atoms with van der Waals surface area (Å²) < 4.78 is 0. The number of thiol groups is 2. The van der Waals surface area contributed by atoms with Crippen molar-refractivity contribution in [3.8, 4) is 5.75 Å². The number of aromatic nitrogens is 2. The van der Waals surface area contributed by atoms with Gasteiger partial charge in [0.2, 0.25) is 47.3 Å². The average Bonchev–Trinajstić information content (AvgIpc) is 4.04. The minimum atomic E-state index is -1.59. The number of aromatic amines is 2. The first kappa shape index (κ1) is 57.9. The predicted octanol–water partition coefficient (Wildman–Crippen LogP) is 0.187. The van der Waals surface area contributed by atoms with Crippen LogP contribution >= 0.6 is 25.3 Å². The molecular weight excluding hydrogens is 1030 g/mol. The molecule has 0 saturated heterocycles. The van der Waals surface area contributed by atoms with Crippen molar-refractivity contribution in [2.75, 3.05) is 18.1 Å². The molecular formula is C53H61N11O11S2. The first-order valence-electron chi connectivity index (χ1n) is 24.4. The summed E-state index contributed by atoms with van der Waals surface area (Å²) in [6.45, 7) is -0.672. The zero-order valence-electron chi connectivity index (χ0n) is 41.5. The predicted molar refractivity (Wildman–Crippen MR) is 292 cm³/mol. The van der Waals surface area contributed by atoms with E-state index < -0.39 is 108 Å². The van der Waals surface area contributed by atoms with Gasteiger partial charge in [-0.2, -0.15) is 25.3 Å². The molecule has 24 heteroatoms. The highest BCUT2D eigenvalue weighted by Gasteiger charge is 2.34. The molecule has 0 spiro atoms. The molecule has 77 heavy (non-hydrogen) atoms. The van der Waals surface area contributed by atoms with E-state index in [9.17, 15) is 53.4 Å². The van der Waals surface area contributed by atoms with E-state index in [0.717, 1.165) is 10.9 Å². The number of aromatic hydroxyl groups is 1. The summed E-state index contributed by atoms with van der Waals surface area (Å²) in [5.41, 5.74) is 15.2. The van der Waals surface area contributed by atoms with E-state index in [2.05, 4.69) is 72.4 Å². The second-order valence-corrected chi connectivity index (χ2v) is 18.9. The third-order valence-corrected chi connectivity index (χ3v) is 13.2. The number of hydrogen-bond acceptors (Lipinski definition) is 13. The van der Waals surface area contributed by atoms with E-state index in [1.54, 1.807) is 85.2 Å². The fourth-order valence-electron chi connectivity index (χ4n) is 8.32. The number of carboxylic acids is 1. The van der Waals surface area contributed by atoms with Gasteiger partial charge in [-0.05, 0) is 52.9 Å². The number of aliphatic carboxylic acids is 1. The molecule has 22 nitrogen and oxygen atoms in total. The number of carbonyl (C=O) groups is 9. The van der Waals surface area contributed by atoms with Gasteiger partial charge >= 0.3 is 5.97 Å². The summed E-state index contributed by atoms with van der Waals surface area (Å²) >= 11 is 8.07. The van der Waals surface area contributed by atoms with Crippen molar-refractivity contribution < 1.29 is 53.4 Å². The number of rotatable bonds is 28. The molecule has 0 aliphatic rings. The average molecular weight is 1090 g/mol. The van der Waals surface area contributed by atoms with E-state index in [-0.39, 0.29) is 49.4 Å². The molecule has 0 fully saturated rings. The van der Waals surface area contributed by atoms with Gasteiger partial charge in [0.15, 0.2) is 0 Å². The zero-order valence-corrected chi connectivity index (χ0v) is 43.3. The van der Waals surface area contributed by atoms with Crippen molar-refractivity contribution in [2.24, 2.45) is 11.5 Å². The number of fused-ring (bicyclic) bond motifs is 2. The second-order valence-electron chi connectivity index (χ2n) is 18.1. The number of hydrogen-bond donors (Lipinski definition) is 15. The Balaban J connectivity index is 1.30. The van der Waals surface area contributed by atoms with Crippen LogP contribution in [0.15, 0.2) is 116 Å². The quantitative estimate of drug-likeness (QED) is 0.0293. The number of H-pyrrole nitrogens is 2. The molecule has 8 amide bonds. The van der Waals surface area contributed by atoms with Crippen LogP contribution in [0.25, 0.3) is 21.8 Å². The summed E-state index contributed by atoms with van der Waals surface area (Å²) in [4.78, 5) is 128. The van der Waals surface area contributed by atoms with Gasteiger partial charge in [0.1, 0.15) is 42.0 Å². The minimum absolute atomic E-state index is 0.0158. The number of primary amides is 1. The van der Waals surface area contributed by atoms with E-state index >= 15 is 0 Å². The Morgan fingerprint density at radius 3 is 1.44 bits per heavy atom. The minimum Gasteiger partial charge on any atom is -0.508 e. The Labute approximate surface area is 452 Å². The molecule has 0 radical (unpaired) electrons. The lowest BCUT2D eigenvalue weighted by Crippen LogP contribution is -2.60. The van der Waals surface area contributed by atoms with Crippen LogP contribution in [-0.4, -0.2) is 134 Å².